The Bertz CT molecular complexity index is 951. The van der Waals surface area contributed by atoms with Crippen molar-refractivity contribution >= 4 is 46.6 Å². The van der Waals surface area contributed by atoms with Gasteiger partial charge in [0.15, 0.2) is 0 Å². The maximum absolute atomic E-state index is 12.2. The molecule has 1 aromatic heterocycles. The molecule has 1 saturated heterocycles. The van der Waals surface area contributed by atoms with Crippen molar-refractivity contribution in [3.05, 3.63) is 40.5 Å². The molecule has 1 aliphatic heterocycles. The number of carbonyl (C=O) groups is 1. The number of alkyl halides is 1. The first-order chi connectivity index (χ1) is 16.4. The second kappa shape index (κ2) is 13.1. The molecule has 1 fully saturated rings. The van der Waals surface area contributed by atoms with Gasteiger partial charge in [0, 0.05) is 25.8 Å². The van der Waals surface area contributed by atoms with Gasteiger partial charge >= 0.3 is 0 Å². The fraction of sp³-hybridized carbons (Fsp3) is 0.560. The predicted molar refractivity (Wildman–Crippen MR) is 142 cm³/mol. The van der Waals surface area contributed by atoms with Gasteiger partial charge in [-0.05, 0) is 68.8 Å². The zero-order chi connectivity index (χ0) is 24.5. The summed E-state index contributed by atoms with van der Waals surface area (Å²) in [6.07, 6.45) is 6.28. The van der Waals surface area contributed by atoms with E-state index in [1.165, 1.54) is 18.4 Å². The molecule has 0 spiro atoms. The first-order valence-electron chi connectivity index (χ1n) is 12.1. The lowest BCUT2D eigenvalue weighted by atomic mass is 9.89. The average molecular weight is 508 g/mol. The van der Waals surface area contributed by atoms with Gasteiger partial charge in [-0.2, -0.15) is 4.98 Å². The monoisotopic (exact) mass is 506 g/mol. The van der Waals surface area contributed by atoms with Gasteiger partial charge in [0.2, 0.25) is 11.9 Å². The molecule has 1 unspecified atom stereocenters. The van der Waals surface area contributed by atoms with Crippen molar-refractivity contribution in [3.63, 3.8) is 0 Å². The topological polar surface area (TPSA) is 82.2 Å². The third-order valence-electron chi connectivity index (χ3n) is 6.20. The molecule has 3 N–H and O–H groups in total. The Morgan fingerprint density at radius 2 is 2.09 bits per heavy atom. The van der Waals surface area contributed by atoms with E-state index in [0.717, 1.165) is 37.2 Å². The van der Waals surface area contributed by atoms with Crippen molar-refractivity contribution in [1.29, 1.82) is 0 Å². The third-order valence-corrected chi connectivity index (χ3v) is 6.88. The number of carbonyl (C=O) groups excluding carboxylic acids is 1. The highest BCUT2D eigenvalue weighted by atomic mass is 35.5. The maximum atomic E-state index is 12.2. The molecule has 7 nitrogen and oxygen atoms in total. The number of hydrogen-bond acceptors (Lipinski definition) is 6. The van der Waals surface area contributed by atoms with Gasteiger partial charge in [0.1, 0.15) is 16.2 Å². The van der Waals surface area contributed by atoms with Crippen LogP contribution in [0.15, 0.2) is 24.4 Å². The van der Waals surface area contributed by atoms with Gasteiger partial charge in [-0.3, -0.25) is 4.79 Å². The van der Waals surface area contributed by atoms with Crippen LogP contribution in [0.2, 0.25) is 5.02 Å². The molecular formula is C25H36Cl2N6O. The fourth-order valence-electron chi connectivity index (χ4n) is 4.16. The lowest BCUT2D eigenvalue weighted by molar-refractivity contribution is -0.129. The molecule has 0 radical (unpaired) electrons. The number of amides is 1. The number of anilines is 3. The van der Waals surface area contributed by atoms with Crippen molar-refractivity contribution in [2.24, 2.45) is 0 Å². The smallest absolute Gasteiger partial charge is 0.240 e. The van der Waals surface area contributed by atoms with Crippen LogP contribution in [-0.2, 0) is 4.79 Å². The Balaban J connectivity index is 1.54. The van der Waals surface area contributed by atoms with E-state index in [0.29, 0.717) is 42.2 Å². The summed E-state index contributed by atoms with van der Waals surface area (Å²) in [7, 11) is 1.78. The van der Waals surface area contributed by atoms with Crippen LogP contribution in [0, 0.1) is 6.92 Å². The van der Waals surface area contributed by atoms with Gasteiger partial charge in [-0.15, -0.1) is 11.6 Å². The van der Waals surface area contributed by atoms with Crippen LogP contribution in [0.25, 0.3) is 0 Å². The Hall–Kier alpha value is -2.09. The van der Waals surface area contributed by atoms with Crippen LogP contribution in [-0.4, -0.2) is 59.4 Å². The van der Waals surface area contributed by atoms with Gasteiger partial charge in [0.05, 0.1) is 6.20 Å². The number of aryl methyl sites for hydroxylation is 1. The van der Waals surface area contributed by atoms with Crippen LogP contribution in [0.4, 0.5) is 17.5 Å². The van der Waals surface area contributed by atoms with Crippen LogP contribution in [0.3, 0.4) is 0 Å². The minimum absolute atomic E-state index is 0.0309. The van der Waals surface area contributed by atoms with E-state index >= 15 is 0 Å². The van der Waals surface area contributed by atoms with E-state index in [4.69, 9.17) is 23.2 Å². The number of piperidine rings is 1. The molecule has 1 atom stereocenters. The summed E-state index contributed by atoms with van der Waals surface area (Å²) in [5.41, 5.74) is 3.54. The van der Waals surface area contributed by atoms with Crippen molar-refractivity contribution in [1.82, 2.24) is 20.2 Å². The minimum Gasteiger partial charge on any atom is -0.369 e. The summed E-state index contributed by atoms with van der Waals surface area (Å²) in [5.74, 6) is 1.64. The molecule has 0 aliphatic carbocycles. The lowest BCUT2D eigenvalue weighted by Crippen LogP contribution is -2.34. The Kier molecular flexibility index (Phi) is 10.2. The van der Waals surface area contributed by atoms with Crippen molar-refractivity contribution in [2.75, 3.05) is 43.9 Å². The van der Waals surface area contributed by atoms with E-state index in [9.17, 15) is 4.79 Å². The molecule has 1 aromatic carbocycles. The highest BCUT2D eigenvalue weighted by Crippen LogP contribution is 2.29. The van der Waals surface area contributed by atoms with Gasteiger partial charge in [0.25, 0.3) is 0 Å². The molecule has 9 heteroatoms. The SMILES string of the molecule is CCCC(Cl)C(=O)N(C)CCCNc1nc(Nc2ccc(C3CCNCC3)cc2C)ncc1Cl. The van der Waals surface area contributed by atoms with Gasteiger partial charge in [-0.1, -0.05) is 37.1 Å². The van der Waals surface area contributed by atoms with Gasteiger partial charge in [-0.25, -0.2) is 4.98 Å². The largest absolute Gasteiger partial charge is 0.369 e. The Morgan fingerprint density at radius 1 is 1.32 bits per heavy atom. The van der Waals surface area contributed by atoms with Crippen LogP contribution in [0.1, 0.15) is 56.1 Å². The maximum Gasteiger partial charge on any atom is 0.240 e. The molecule has 1 amide bonds. The summed E-state index contributed by atoms with van der Waals surface area (Å²) in [4.78, 5) is 22.8. The quantitative estimate of drug-likeness (QED) is 0.282. The Morgan fingerprint density at radius 3 is 2.79 bits per heavy atom. The molecule has 3 rings (SSSR count). The first kappa shape index (κ1) is 26.5. The summed E-state index contributed by atoms with van der Waals surface area (Å²) in [6.45, 7) is 7.51. The van der Waals surface area contributed by atoms with E-state index in [1.807, 2.05) is 6.92 Å². The molecule has 0 bridgehead atoms. The van der Waals surface area contributed by atoms with Crippen molar-refractivity contribution in [3.8, 4) is 0 Å². The summed E-state index contributed by atoms with van der Waals surface area (Å²) in [5, 5.41) is 10.00. The van der Waals surface area contributed by atoms with E-state index in [1.54, 1.807) is 18.1 Å². The first-order valence-corrected chi connectivity index (χ1v) is 12.9. The summed E-state index contributed by atoms with van der Waals surface area (Å²) < 4.78 is 0. The predicted octanol–water partition coefficient (Wildman–Crippen LogP) is 5.32. The minimum atomic E-state index is -0.454. The van der Waals surface area contributed by atoms with Crippen molar-refractivity contribution in [2.45, 2.75) is 57.2 Å². The van der Waals surface area contributed by atoms with Crippen molar-refractivity contribution < 1.29 is 4.79 Å². The van der Waals surface area contributed by atoms with Crippen LogP contribution >= 0.6 is 23.2 Å². The number of halogens is 2. The van der Waals surface area contributed by atoms with Crippen LogP contribution in [0.5, 0.6) is 0 Å². The fourth-order valence-corrected chi connectivity index (χ4v) is 4.70. The van der Waals surface area contributed by atoms with E-state index in [2.05, 4.69) is 51.0 Å². The van der Waals surface area contributed by atoms with E-state index < -0.39 is 5.38 Å². The molecule has 0 saturated carbocycles. The van der Waals surface area contributed by atoms with Gasteiger partial charge < -0.3 is 20.9 Å². The number of rotatable bonds is 11. The Labute approximate surface area is 213 Å². The molecule has 186 valence electrons. The molecule has 1 aliphatic rings. The molecular weight excluding hydrogens is 471 g/mol. The zero-order valence-corrected chi connectivity index (χ0v) is 21.8. The standard InChI is InChI=1S/C25H36Cl2N6O/c1-4-6-20(26)24(34)33(3)14-5-11-29-23-21(27)16-30-25(32-23)31-22-8-7-19(15-17(22)2)18-9-12-28-13-10-18/h7-8,15-16,18,20,28H,4-6,9-14H2,1-3H3,(H2,29,30,31,32). The van der Waals surface area contributed by atoms with E-state index in [-0.39, 0.29) is 5.91 Å². The molecule has 2 heterocycles. The summed E-state index contributed by atoms with van der Waals surface area (Å²) in [6, 6.07) is 6.56. The number of hydrogen-bond donors (Lipinski definition) is 3. The normalized spacial score (nSPS) is 15.1. The average Bonchev–Trinajstić information content (AvgIpc) is 2.84. The highest BCUT2D eigenvalue weighted by molar-refractivity contribution is 6.32. The number of nitrogens with zero attached hydrogens (tertiary/aromatic N) is 3. The number of benzene rings is 1. The second-order valence-corrected chi connectivity index (χ2v) is 9.84. The third kappa shape index (κ3) is 7.45. The number of aromatic nitrogens is 2. The lowest BCUT2D eigenvalue weighted by Gasteiger charge is -2.23. The molecule has 34 heavy (non-hydrogen) atoms. The zero-order valence-electron chi connectivity index (χ0n) is 20.3. The second-order valence-electron chi connectivity index (χ2n) is 8.91. The molecule has 2 aromatic rings. The van der Waals surface area contributed by atoms with Crippen LogP contribution < -0.4 is 16.0 Å². The summed E-state index contributed by atoms with van der Waals surface area (Å²) >= 11 is 12.5. The highest BCUT2D eigenvalue weighted by Gasteiger charge is 2.18. The number of nitrogens with one attached hydrogen (secondary N) is 3.